The monoisotopic (exact) mass is 263 g/mol. The molecule has 0 heterocycles. The molecular formula is C6H5N3O7S. The first kappa shape index (κ1) is 14.6. The summed E-state index contributed by atoms with van der Waals surface area (Å²) in [6.07, 6.45) is 0. The summed E-state index contributed by atoms with van der Waals surface area (Å²) in [4.78, 5) is 27.5. The third-order valence-corrected chi connectivity index (χ3v) is 1.64. The van der Waals surface area contributed by atoms with Gasteiger partial charge in [0, 0.05) is 0 Å². The number of non-ortho nitro benzene ring substituents is 1. The van der Waals surface area contributed by atoms with Crippen LogP contribution in [0.15, 0.2) is 12.1 Å². The Bertz CT molecular complexity index is 467. The molecule has 1 aromatic rings. The first-order valence-electron chi connectivity index (χ1n) is 3.63. The SMILES string of the molecule is O=[N+]([O-])c1cc([N+](=O)[O-])c([O-])c([N+](=O)[O-])c1.[SH3+]. The number of rotatable bonds is 3. The second kappa shape index (κ2) is 5.07. The van der Waals surface area contributed by atoms with Gasteiger partial charge in [-0.3, -0.25) is 30.3 Å². The Labute approximate surface area is 99.4 Å². The lowest BCUT2D eigenvalue weighted by molar-refractivity contribution is -0.420. The van der Waals surface area contributed by atoms with Gasteiger partial charge in [-0.2, -0.15) is 0 Å². The van der Waals surface area contributed by atoms with Crippen LogP contribution in [0.25, 0.3) is 0 Å². The minimum atomic E-state index is -1.46. The molecule has 0 N–H and O–H groups in total. The average Bonchev–Trinajstić information content (AvgIpc) is 2.16. The van der Waals surface area contributed by atoms with Crippen LogP contribution in [0.1, 0.15) is 0 Å². The van der Waals surface area contributed by atoms with Gasteiger partial charge in [-0.25, -0.2) is 0 Å². The molecule has 1 aromatic carbocycles. The molecule has 0 fully saturated rings. The van der Waals surface area contributed by atoms with E-state index < -0.39 is 37.6 Å². The lowest BCUT2D eigenvalue weighted by Gasteiger charge is -2.06. The van der Waals surface area contributed by atoms with Crippen molar-refractivity contribution in [1.82, 2.24) is 0 Å². The predicted molar refractivity (Wildman–Crippen MR) is 57.4 cm³/mol. The van der Waals surface area contributed by atoms with E-state index >= 15 is 0 Å². The molecule has 0 amide bonds. The van der Waals surface area contributed by atoms with Gasteiger partial charge in [-0.05, 0) is 0 Å². The molecule has 1 rings (SSSR count). The Balaban J connectivity index is 0.00000256. The van der Waals surface area contributed by atoms with E-state index in [0.29, 0.717) is 12.1 Å². The number of nitrogens with zero attached hydrogens (tertiary/aromatic N) is 3. The van der Waals surface area contributed by atoms with Crippen molar-refractivity contribution in [2.24, 2.45) is 0 Å². The van der Waals surface area contributed by atoms with E-state index in [4.69, 9.17) is 0 Å². The first-order valence-corrected chi connectivity index (χ1v) is 3.63. The molecule has 17 heavy (non-hydrogen) atoms. The van der Waals surface area contributed by atoms with Crippen molar-refractivity contribution >= 4 is 30.6 Å². The third kappa shape index (κ3) is 2.78. The molecule has 11 heteroatoms. The zero-order valence-electron chi connectivity index (χ0n) is 7.93. The van der Waals surface area contributed by atoms with E-state index in [1.807, 2.05) is 0 Å². The smallest absolute Gasteiger partial charge is 0.283 e. The molecule has 0 aliphatic heterocycles. The largest absolute Gasteiger partial charge is 0.863 e. The molecule has 0 saturated carbocycles. The number of benzene rings is 1. The van der Waals surface area contributed by atoms with Gasteiger partial charge in [0.05, 0.1) is 32.7 Å². The Kier molecular flexibility index (Phi) is 4.34. The summed E-state index contributed by atoms with van der Waals surface area (Å²) >= 11 is 0. The van der Waals surface area contributed by atoms with Crippen LogP contribution in [0.3, 0.4) is 0 Å². The maximum atomic E-state index is 11.1. The Morgan fingerprint density at radius 3 is 1.41 bits per heavy atom. The summed E-state index contributed by atoms with van der Waals surface area (Å²) in [5.41, 5.74) is -3.26. The average molecular weight is 263 g/mol. The highest BCUT2D eigenvalue weighted by atomic mass is 32.1. The normalized spacial score (nSPS) is 9.18. The van der Waals surface area contributed by atoms with Crippen molar-refractivity contribution in [2.75, 3.05) is 0 Å². The second-order valence-electron chi connectivity index (χ2n) is 2.58. The van der Waals surface area contributed by atoms with Crippen molar-refractivity contribution in [3.05, 3.63) is 42.5 Å². The zero-order chi connectivity index (χ0) is 12.5. The van der Waals surface area contributed by atoms with Crippen molar-refractivity contribution in [3.63, 3.8) is 0 Å². The Morgan fingerprint density at radius 1 is 0.824 bits per heavy atom. The van der Waals surface area contributed by atoms with Gasteiger partial charge in [0.1, 0.15) is 0 Å². The molecule has 0 radical (unpaired) electrons. The lowest BCUT2D eigenvalue weighted by atomic mass is 10.2. The maximum Gasteiger partial charge on any atom is 0.283 e. The van der Waals surface area contributed by atoms with E-state index in [1.165, 1.54) is 0 Å². The van der Waals surface area contributed by atoms with Crippen molar-refractivity contribution in [2.45, 2.75) is 0 Å². The summed E-state index contributed by atoms with van der Waals surface area (Å²) in [5.74, 6) is -1.46. The van der Waals surface area contributed by atoms with Crippen LogP contribution in [0.5, 0.6) is 5.75 Å². The standard InChI is InChI=1S/C6H3N3O7.H2S/c10-6-4(8(13)14)1-3(7(11)12)2-5(6)9(15)16;/h1-2,10H;1H2. The van der Waals surface area contributed by atoms with Crippen LogP contribution in [0, 0.1) is 30.3 Å². The summed E-state index contributed by atoms with van der Waals surface area (Å²) in [6.45, 7) is 0. The predicted octanol–water partition coefficient (Wildman–Crippen LogP) is -0.321. The molecule has 0 bridgehead atoms. The molecule has 0 saturated heterocycles. The fourth-order valence-corrected chi connectivity index (χ4v) is 0.961. The highest BCUT2D eigenvalue weighted by Gasteiger charge is 2.24. The van der Waals surface area contributed by atoms with Crippen molar-refractivity contribution < 1.29 is 19.9 Å². The topological polar surface area (TPSA) is 152 Å². The van der Waals surface area contributed by atoms with Crippen LogP contribution in [-0.4, -0.2) is 14.8 Å². The van der Waals surface area contributed by atoms with Gasteiger partial charge in [-0.15, -0.1) is 0 Å². The molecule has 0 aliphatic carbocycles. The quantitative estimate of drug-likeness (QED) is 0.411. The fourth-order valence-electron chi connectivity index (χ4n) is 0.961. The van der Waals surface area contributed by atoms with E-state index in [2.05, 4.69) is 0 Å². The van der Waals surface area contributed by atoms with E-state index in [1.54, 1.807) is 0 Å². The van der Waals surface area contributed by atoms with Gasteiger partial charge < -0.3 is 5.11 Å². The van der Waals surface area contributed by atoms with Gasteiger partial charge in [0.25, 0.3) is 17.1 Å². The molecule has 0 unspecified atom stereocenters. The number of nitro groups is 3. The van der Waals surface area contributed by atoms with Gasteiger partial charge >= 0.3 is 0 Å². The van der Waals surface area contributed by atoms with E-state index in [9.17, 15) is 35.4 Å². The Morgan fingerprint density at radius 2 is 1.18 bits per heavy atom. The van der Waals surface area contributed by atoms with Crippen molar-refractivity contribution in [3.8, 4) is 5.75 Å². The molecular weight excluding hydrogens is 258 g/mol. The summed E-state index contributed by atoms with van der Waals surface area (Å²) in [5, 5.41) is 42.1. The summed E-state index contributed by atoms with van der Waals surface area (Å²) in [6, 6.07) is 0.769. The van der Waals surface area contributed by atoms with E-state index in [-0.39, 0.29) is 13.5 Å². The van der Waals surface area contributed by atoms with Gasteiger partial charge in [-0.1, -0.05) is 13.5 Å². The Hall–Kier alpha value is -2.43. The first-order chi connectivity index (χ1) is 7.34. The van der Waals surface area contributed by atoms with Crippen LogP contribution < -0.4 is 5.11 Å². The van der Waals surface area contributed by atoms with Gasteiger partial charge in [0.2, 0.25) is 0 Å². The summed E-state index contributed by atoms with van der Waals surface area (Å²) < 4.78 is 0. The van der Waals surface area contributed by atoms with Crippen LogP contribution in [0.2, 0.25) is 0 Å². The number of hydrogen-bond donors (Lipinski definition) is 0. The van der Waals surface area contributed by atoms with Crippen molar-refractivity contribution in [1.29, 1.82) is 0 Å². The molecule has 0 aliphatic rings. The minimum Gasteiger partial charge on any atom is -0.863 e. The molecule has 0 atom stereocenters. The van der Waals surface area contributed by atoms with Crippen LogP contribution in [-0.2, 0) is 13.5 Å². The molecule has 10 nitrogen and oxygen atoms in total. The van der Waals surface area contributed by atoms with Crippen LogP contribution in [0.4, 0.5) is 17.1 Å². The second-order valence-corrected chi connectivity index (χ2v) is 2.58. The zero-order valence-corrected chi connectivity index (χ0v) is 9.09. The van der Waals surface area contributed by atoms with E-state index in [0.717, 1.165) is 0 Å². The summed E-state index contributed by atoms with van der Waals surface area (Å²) in [7, 11) is 0. The molecule has 92 valence electrons. The number of hydrogen-bond acceptors (Lipinski definition) is 7. The maximum absolute atomic E-state index is 11.1. The molecule has 0 aromatic heterocycles. The number of nitro benzene ring substituents is 3. The highest BCUT2D eigenvalue weighted by molar-refractivity contribution is 7.37. The lowest BCUT2D eigenvalue weighted by Crippen LogP contribution is -2.04. The van der Waals surface area contributed by atoms with Gasteiger partial charge in [0.15, 0.2) is 0 Å². The fraction of sp³-hybridized carbons (Fsp3) is 0. The third-order valence-electron chi connectivity index (χ3n) is 1.64. The highest BCUT2D eigenvalue weighted by Crippen LogP contribution is 2.36. The minimum absolute atomic E-state index is 0. The molecule has 0 spiro atoms. The van der Waals surface area contributed by atoms with Crippen LogP contribution >= 0.6 is 0 Å².